The lowest BCUT2D eigenvalue weighted by Gasteiger charge is -2.26. The Balaban J connectivity index is 2.43. The Morgan fingerprint density at radius 3 is 2.69 bits per heavy atom. The van der Waals surface area contributed by atoms with Gasteiger partial charge in [0.05, 0.1) is 0 Å². The van der Waals surface area contributed by atoms with Gasteiger partial charge in [0.1, 0.15) is 0 Å². The standard InChI is InChI=1S/C29H48N2S/c1-7-8-15-27(22-32)16-10-9-12-18-31-21-26(5)29-24(3)19-28(20-25(29)4)23(2)14-11-13-17-30-6/h13,16-17,20,23,30-32H,3,5,7-12,14-15,18-19,21-22H2,1-2,4,6H3/b17-13+,27-16-. The quantitative estimate of drug-likeness (QED) is 0.119. The molecule has 0 saturated heterocycles. The van der Waals surface area contributed by atoms with Crippen molar-refractivity contribution < 1.29 is 0 Å². The van der Waals surface area contributed by atoms with Gasteiger partial charge in [-0.2, -0.15) is 12.6 Å². The Hall–Kier alpha value is -1.45. The maximum atomic E-state index is 4.46. The molecule has 2 nitrogen and oxygen atoms in total. The Labute approximate surface area is 204 Å². The van der Waals surface area contributed by atoms with Crippen LogP contribution in [0.5, 0.6) is 0 Å². The highest BCUT2D eigenvalue weighted by atomic mass is 32.1. The molecule has 1 aliphatic rings. The summed E-state index contributed by atoms with van der Waals surface area (Å²) in [6.45, 7) is 17.4. The fourth-order valence-corrected chi connectivity index (χ4v) is 4.56. The molecule has 1 atom stereocenters. The zero-order valence-electron chi connectivity index (χ0n) is 21.2. The molecule has 0 aromatic rings. The fraction of sp³-hybridized carbons (Fsp3) is 0.586. The summed E-state index contributed by atoms with van der Waals surface area (Å²) in [6, 6.07) is 0. The van der Waals surface area contributed by atoms with Crippen molar-refractivity contribution in [1.82, 2.24) is 10.6 Å². The van der Waals surface area contributed by atoms with E-state index in [1.54, 1.807) is 0 Å². The van der Waals surface area contributed by atoms with Crippen LogP contribution in [0.2, 0.25) is 0 Å². The zero-order valence-corrected chi connectivity index (χ0v) is 22.1. The van der Waals surface area contributed by atoms with Gasteiger partial charge >= 0.3 is 0 Å². The minimum absolute atomic E-state index is 0.579. The average molecular weight is 457 g/mol. The van der Waals surface area contributed by atoms with Crippen LogP contribution in [0, 0.1) is 5.92 Å². The summed E-state index contributed by atoms with van der Waals surface area (Å²) in [7, 11) is 1.94. The Kier molecular flexibility index (Phi) is 15.3. The molecule has 0 spiro atoms. The molecule has 0 aromatic heterocycles. The topological polar surface area (TPSA) is 24.1 Å². The van der Waals surface area contributed by atoms with Gasteiger partial charge in [0.15, 0.2) is 0 Å². The normalized spacial score (nSPS) is 16.0. The molecule has 0 radical (unpaired) electrons. The molecule has 0 fully saturated rings. The summed E-state index contributed by atoms with van der Waals surface area (Å²) in [5, 5.41) is 6.65. The van der Waals surface area contributed by atoms with Crippen LogP contribution in [-0.4, -0.2) is 25.9 Å². The lowest BCUT2D eigenvalue weighted by atomic mass is 9.80. The SMILES string of the molecule is C=C(CNCCCC/C=C(\CS)CCCC)C1=C(C)C=C(C(C)CC/C=C/NC)CC1=C. The highest BCUT2D eigenvalue weighted by molar-refractivity contribution is 7.80. The van der Waals surface area contributed by atoms with Crippen molar-refractivity contribution in [2.45, 2.75) is 78.6 Å². The van der Waals surface area contributed by atoms with E-state index in [1.165, 1.54) is 78.4 Å². The van der Waals surface area contributed by atoms with E-state index in [0.29, 0.717) is 5.92 Å². The molecule has 1 unspecified atom stereocenters. The van der Waals surface area contributed by atoms with Crippen molar-refractivity contribution in [1.29, 1.82) is 0 Å². The van der Waals surface area contributed by atoms with Gasteiger partial charge < -0.3 is 10.6 Å². The molecule has 0 aliphatic heterocycles. The lowest BCUT2D eigenvalue weighted by Crippen LogP contribution is -2.20. The molecule has 180 valence electrons. The maximum absolute atomic E-state index is 4.46. The second-order valence-electron chi connectivity index (χ2n) is 9.13. The van der Waals surface area contributed by atoms with Crippen LogP contribution >= 0.6 is 12.6 Å². The Bertz CT molecular complexity index is 709. The molecule has 1 rings (SSSR count). The molecule has 0 aromatic carbocycles. The summed E-state index contributed by atoms with van der Waals surface area (Å²) in [6.07, 6.45) is 19.6. The second kappa shape index (κ2) is 17.1. The monoisotopic (exact) mass is 456 g/mol. The molecule has 0 heterocycles. The maximum Gasteiger partial charge on any atom is 0.0205 e. The number of nitrogens with one attached hydrogen (secondary N) is 2. The van der Waals surface area contributed by atoms with Crippen molar-refractivity contribution in [3.63, 3.8) is 0 Å². The zero-order chi connectivity index (χ0) is 23.8. The first-order valence-electron chi connectivity index (χ1n) is 12.5. The summed E-state index contributed by atoms with van der Waals surface area (Å²) >= 11 is 4.46. The number of rotatable bonds is 17. The highest BCUT2D eigenvalue weighted by Crippen LogP contribution is 2.36. The van der Waals surface area contributed by atoms with E-state index >= 15 is 0 Å². The van der Waals surface area contributed by atoms with Crippen LogP contribution in [0.15, 0.2) is 71.0 Å². The minimum Gasteiger partial charge on any atom is -0.394 e. The summed E-state index contributed by atoms with van der Waals surface area (Å²) in [5.74, 6) is 1.48. The van der Waals surface area contributed by atoms with Crippen LogP contribution < -0.4 is 10.6 Å². The molecule has 3 heteroatoms. The van der Waals surface area contributed by atoms with Gasteiger partial charge in [-0.25, -0.2) is 0 Å². The van der Waals surface area contributed by atoms with Crippen molar-refractivity contribution in [3.05, 3.63) is 71.0 Å². The van der Waals surface area contributed by atoms with Gasteiger partial charge in [-0.3, -0.25) is 0 Å². The van der Waals surface area contributed by atoms with Gasteiger partial charge in [0.25, 0.3) is 0 Å². The molecule has 0 amide bonds. The van der Waals surface area contributed by atoms with Crippen molar-refractivity contribution in [2.24, 2.45) is 5.92 Å². The van der Waals surface area contributed by atoms with Crippen molar-refractivity contribution >= 4 is 12.6 Å². The van der Waals surface area contributed by atoms with Crippen molar-refractivity contribution in [2.75, 3.05) is 25.9 Å². The molecule has 0 bridgehead atoms. The second-order valence-corrected chi connectivity index (χ2v) is 9.44. The highest BCUT2D eigenvalue weighted by Gasteiger charge is 2.19. The number of allylic oxidation sites excluding steroid dienone is 6. The molecule has 32 heavy (non-hydrogen) atoms. The number of thiol groups is 1. The lowest BCUT2D eigenvalue weighted by molar-refractivity contribution is 0.603. The van der Waals surface area contributed by atoms with Gasteiger partial charge in [0, 0.05) is 19.3 Å². The van der Waals surface area contributed by atoms with Gasteiger partial charge in [-0.15, -0.1) is 0 Å². The van der Waals surface area contributed by atoms with Crippen LogP contribution in [0.1, 0.15) is 78.6 Å². The first-order chi connectivity index (χ1) is 15.4. The van der Waals surface area contributed by atoms with E-state index in [0.717, 1.165) is 31.7 Å². The third-order valence-electron chi connectivity index (χ3n) is 6.24. The van der Waals surface area contributed by atoms with Gasteiger partial charge in [0.2, 0.25) is 0 Å². The van der Waals surface area contributed by atoms with E-state index in [9.17, 15) is 0 Å². The number of unbranched alkanes of at least 4 members (excludes halogenated alkanes) is 3. The average Bonchev–Trinajstić information content (AvgIpc) is 2.77. The van der Waals surface area contributed by atoms with Gasteiger partial charge in [-0.05, 0) is 99.2 Å². The third kappa shape index (κ3) is 10.9. The molecule has 0 saturated carbocycles. The minimum atomic E-state index is 0.579. The van der Waals surface area contributed by atoms with E-state index in [1.807, 2.05) is 13.2 Å². The van der Waals surface area contributed by atoms with Crippen LogP contribution in [0.3, 0.4) is 0 Å². The Morgan fingerprint density at radius 1 is 1.25 bits per heavy atom. The van der Waals surface area contributed by atoms with Crippen LogP contribution in [-0.2, 0) is 0 Å². The third-order valence-corrected chi connectivity index (χ3v) is 6.64. The number of hydrogen-bond donors (Lipinski definition) is 3. The summed E-state index contributed by atoms with van der Waals surface area (Å²) in [4.78, 5) is 0. The molecule has 2 N–H and O–H groups in total. The largest absolute Gasteiger partial charge is 0.394 e. The van der Waals surface area contributed by atoms with Crippen LogP contribution in [0.25, 0.3) is 0 Å². The first-order valence-corrected chi connectivity index (χ1v) is 13.2. The first kappa shape index (κ1) is 28.6. The van der Waals surface area contributed by atoms with E-state index < -0.39 is 0 Å². The Morgan fingerprint density at radius 2 is 2.03 bits per heavy atom. The summed E-state index contributed by atoms with van der Waals surface area (Å²) in [5.41, 5.74) is 8.00. The summed E-state index contributed by atoms with van der Waals surface area (Å²) < 4.78 is 0. The molecule has 1 aliphatic carbocycles. The predicted molar refractivity (Wildman–Crippen MR) is 148 cm³/mol. The van der Waals surface area contributed by atoms with Crippen LogP contribution in [0.4, 0.5) is 0 Å². The van der Waals surface area contributed by atoms with E-state index in [4.69, 9.17) is 0 Å². The smallest absolute Gasteiger partial charge is 0.0205 e. The van der Waals surface area contributed by atoms with Crippen molar-refractivity contribution in [3.8, 4) is 0 Å². The molecular formula is C29H48N2S. The molecular weight excluding hydrogens is 408 g/mol. The van der Waals surface area contributed by atoms with E-state index in [-0.39, 0.29) is 0 Å². The number of hydrogen-bond acceptors (Lipinski definition) is 3. The van der Waals surface area contributed by atoms with Gasteiger partial charge in [-0.1, -0.05) is 62.8 Å². The van der Waals surface area contributed by atoms with E-state index in [2.05, 4.69) is 75.4 Å². The predicted octanol–water partition coefficient (Wildman–Crippen LogP) is 7.70. The fourth-order valence-electron chi connectivity index (χ4n) is 4.27.